The van der Waals surface area contributed by atoms with Crippen LogP contribution in [0.3, 0.4) is 0 Å². The van der Waals surface area contributed by atoms with Gasteiger partial charge in [0.05, 0.1) is 18.2 Å². The molecule has 0 aromatic heterocycles. The molecule has 6 nitrogen and oxygen atoms in total. The molecule has 0 heterocycles. The molecule has 0 fully saturated rings. The zero-order chi connectivity index (χ0) is 27.1. The predicted molar refractivity (Wildman–Crippen MR) is 151 cm³/mol. The molecule has 38 heavy (non-hydrogen) atoms. The van der Waals surface area contributed by atoms with Crippen LogP contribution in [-0.2, 0) is 11.3 Å². The van der Waals surface area contributed by atoms with Crippen molar-refractivity contribution in [2.24, 2.45) is 0 Å². The SMILES string of the molecule is CN(C)c1ccc(-c2ccc(CN(C(=O)c3ccc(C#N)cc3)c3cccc(C=CC(=O)O)c3)cc2)cc1. The second-order valence-corrected chi connectivity index (χ2v) is 8.99. The van der Waals surface area contributed by atoms with E-state index < -0.39 is 5.97 Å². The molecule has 0 radical (unpaired) electrons. The minimum atomic E-state index is -1.04. The zero-order valence-electron chi connectivity index (χ0n) is 21.2. The van der Waals surface area contributed by atoms with Crippen LogP contribution in [0, 0.1) is 11.3 Å². The molecule has 1 N–H and O–H groups in total. The number of benzene rings is 4. The van der Waals surface area contributed by atoms with Crippen LogP contribution in [0.25, 0.3) is 17.2 Å². The maximum atomic E-state index is 13.6. The van der Waals surface area contributed by atoms with Crippen molar-refractivity contribution < 1.29 is 14.7 Å². The zero-order valence-corrected chi connectivity index (χ0v) is 21.2. The summed E-state index contributed by atoms with van der Waals surface area (Å²) in [7, 11) is 4.01. The first-order valence-corrected chi connectivity index (χ1v) is 12.0. The van der Waals surface area contributed by atoms with E-state index in [2.05, 4.69) is 35.2 Å². The van der Waals surface area contributed by atoms with Gasteiger partial charge in [0.1, 0.15) is 0 Å². The van der Waals surface area contributed by atoms with Gasteiger partial charge in [-0.25, -0.2) is 4.79 Å². The third-order valence-electron chi connectivity index (χ3n) is 6.12. The molecule has 4 aromatic rings. The molecular weight excluding hydrogens is 474 g/mol. The van der Waals surface area contributed by atoms with E-state index >= 15 is 0 Å². The molecule has 0 atom stereocenters. The number of rotatable bonds is 8. The van der Waals surface area contributed by atoms with Crippen molar-refractivity contribution >= 4 is 29.3 Å². The van der Waals surface area contributed by atoms with E-state index in [0.29, 0.717) is 28.9 Å². The number of nitriles is 1. The van der Waals surface area contributed by atoms with E-state index in [0.717, 1.165) is 28.5 Å². The number of carboxylic acids is 1. The van der Waals surface area contributed by atoms with Gasteiger partial charge in [0, 0.05) is 37.1 Å². The summed E-state index contributed by atoms with van der Waals surface area (Å²) in [5.41, 5.74) is 6.47. The van der Waals surface area contributed by atoms with Crippen LogP contribution >= 0.6 is 0 Å². The molecule has 0 aliphatic heterocycles. The maximum Gasteiger partial charge on any atom is 0.328 e. The Morgan fingerprint density at radius 1 is 0.842 bits per heavy atom. The number of hydrogen-bond donors (Lipinski definition) is 1. The van der Waals surface area contributed by atoms with Crippen LogP contribution in [0.15, 0.2) is 103 Å². The lowest BCUT2D eigenvalue weighted by Gasteiger charge is -2.24. The Labute approximate surface area is 222 Å². The number of aliphatic carboxylic acids is 1. The molecule has 1 amide bonds. The van der Waals surface area contributed by atoms with Gasteiger partial charge < -0.3 is 14.9 Å². The molecule has 0 saturated carbocycles. The summed E-state index contributed by atoms with van der Waals surface area (Å²) < 4.78 is 0. The maximum absolute atomic E-state index is 13.6. The van der Waals surface area contributed by atoms with E-state index in [-0.39, 0.29) is 5.91 Å². The number of carbonyl (C=O) groups is 2. The van der Waals surface area contributed by atoms with Gasteiger partial charge in [-0.2, -0.15) is 5.26 Å². The Hall–Kier alpha value is -5.15. The number of anilines is 2. The Morgan fingerprint density at radius 2 is 1.47 bits per heavy atom. The fourth-order valence-corrected chi connectivity index (χ4v) is 4.02. The van der Waals surface area contributed by atoms with Gasteiger partial charge in [0.25, 0.3) is 5.91 Å². The third kappa shape index (κ3) is 6.34. The highest BCUT2D eigenvalue weighted by atomic mass is 16.4. The average molecular weight is 502 g/mol. The lowest BCUT2D eigenvalue weighted by Crippen LogP contribution is -2.30. The summed E-state index contributed by atoms with van der Waals surface area (Å²) in [5, 5.41) is 18.1. The monoisotopic (exact) mass is 501 g/mol. The van der Waals surface area contributed by atoms with Crippen molar-refractivity contribution in [1.29, 1.82) is 5.26 Å². The van der Waals surface area contributed by atoms with Gasteiger partial charge in [0.2, 0.25) is 0 Å². The normalized spacial score (nSPS) is 10.7. The van der Waals surface area contributed by atoms with Crippen LogP contribution in [0.2, 0.25) is 0 Å². The number of hydrogen-bond acceptors (Lipinski definition) is 4. The van der Waals surface area contributed by atoms with Crippen molar-refractivity contribution in [1.82, 2.24) is 0 Å². The molecule has 6 heteroatoms. The number of carbonyl (C=O) groups excluding carboxylic acids is 1. The molecule has 0 saturated heterocycles. The highest BCUT2D eigenvalue weighted by molar-refractivity contribution is 6.06. The van der Waals surface area contributed by atoms with Gasteiger partial charge in [0.15, 0.2) is 0 Å². The van der Waals surface area contributed by atoms with E-state index in [9.17, 15) is 9.59 Å². The summed E-state index contributed by atoms with van der Waals surface area (Å²) in [5.74, 6) is -1.27. The molecule has 0 unspecified atom stereocenters. The minimum absolute atomic E-state index is 0.225. The van der Waals surface area contributed by atoms with Crippen LogP contribution in [-0.4, -0.2) is 31.1 Å². The quantitative estimate of drug-likeness (QED) is 0.289. The summed E-state index contributed by atoms with van der Waals surface area (Å²) in [6, 6.07) is 32.2. The van der Waals surface area contributed by atoms with Crippen molar-refractivity contribution in [3.63, 3.8) is 0 Å². The summed E-state index contributed by atoms with van der Waals surface area (Å²) in [4.78, 5) is 28.3. The lowest BCUT2D eigenvalue weighted by molar-refractivity contribution is -0.131. The Morgan fingerprint density at radius 3 is 2.05 bits per heavy atom. The molecule has 0 aliphatic rings. The second-order valence-electron chi connectivity index (χ2n) is 8.99. The van der Waals surface area contributed by atoms with Crippen molar-refractivity contribution in [2.75, 3.05) is 23.9 Å². The van der Waals surface area contributed by atoms with E-state index in [1.807, 2.05) is 44.4 Å². The van der Waals surface area contributed by atoms with Crippen LogP contribution < -0.4 is 9.80 Å². The minimum Gasteiger partial charge on any atom is -0.478 e. The first kappa shape index (κ1) is 25.9. The van der Waals surface area contributed by atoms with Crippen molar-refractivity contribution in [3.8, 4) is 17.2 Å². The summed E-state index contributed by atoms with van der Waals surface area (Å²) >= 11 is 0. The lowest BCUT2D eigenvalue weighted by atomic mass is 10.0. The fraction of sp³-hybridized carbons (Fsp3) is 0.0938. The molecular formula is C32H27N3O3. The fourth-order valence-electron chi connectivity index (χ4n) is 4.02. The average Bonchev–Trinajstić information content (AvgIpc) is 2.95. The topological polar surface area (TPSA) is 84.6 Å². The highest BCUT2D eigenvalue weighted by Gasteiger charge is 2.19. The predicted octanol–water partition coefficient (Wildman–Crippen LogP) is 6.24. The van der Waals surface area contributed by atoms with Crippen molar-refractivity contribution in [3.05, 3.63) is 125 Å². The molecule has 0 spiro atoms. The molecule has 4 aromatic carbocycles. The van der Waals surface area contributed by atoms with Gasteiger partial charge in [-0.15, -0.1) is 0 Å². The third-order valence-corrected chi connectivity index (χ3v) is 6.12. The number of nitrogens with zero attached hydrogens (tertiary/aromatic N) is 3. The van der Waals surface area contributed by atoms with Gasteiger partial charge in [-0.05, 0) is 76.9 Å². The van der Waals surface area contributed by atoms with E-state index in [1.54, 1.807) is 47.4 Å². The summed E-state index contributed by atoms with van der Waals surface area (Å²) in [6.45, 7) is 0.310. The Bertz CT molecular complexity index is 1500. The Balaban J connectivity index is 1.64. The number of amides is 1. The smallest absolute Gasteiger partial charge is 0.328 e. The largest absolute Gasteiger partial charge is 0.478 e. The van der Waals surface area contributed by atoms with Gasteiger partial charge >= 0.3 is 5.97 Å². The summed E-state index contributed by atoms with van der Waals surface area (Å²) in [6.07, 6.45) is 2.56. The second kappa shape index (κ2) is 11.7. The molecule has 188 valence electrons. The van der Waals surface area contributed by atoms with Gasteiger partial charge in [-0.1, -0.05) is 48.5 Å². The molecule has 0 bridgehead atoms. The van der Waals surface area contributed by atoms with Crippen LogP contribution in [0.5, 0.6) is 0 Å². The van der Waals surface area contributed by atoms with Crippen LogP contribution in [0.1, 0.15) is 27.0 Å². The Kier molecular flexibility index (Phi) is 8.00. The standard InChI is InChI=1S/C32H27N3O3/c1-34(2)29-17-15-27(16-18-29)26-11-8-25(9-12-26)22-35(32(38)28-13-6-24(21-33)7-14-28)30-5-3-4-23(20-30)10-19-31(36)37/h3-20H,22H2,1-2H3,(H,36,37). The van der Waals surface area contributed by atoms with Gasteiger partial charge in [-0.3, -0.25) is 4.79 Å². The van der Waals surface area contributed by atoms with Crippen molar-refractivity contribution in [2.45, 2.75) is 6.54 Å². The van der Waals surface area contributed by atoms with E-state index in [4.69, 9.17) is 10.4 Å². The first-order valence-electron chi connectivity index (χ1n) is 12.0. The first-order chi connectivity index (χ1) is 18.3. The molecule has 4 rings (SSSR count). The van der Waals surface area contributed by atoms with Crippen LogP contribution in [0.4, 0.5) is 11.4 Å². The number of carboxylic acid groups (broad SMARTS) is 1. The van der Waals surface area contributed by atoms with E-state index in [1.165, 1.54) is 6.08 Å². The molecule has 0 aliphatic carbocycles. The highest BCUT2D eigenvalue weighted by Crippen LogP contribution is 2.26.